The number of ether oxygens (including phenoxy) is 1. The number of nitrogens with one attached hydrogen (secondary N) is 2. The fourth-order valence-electron chi connectivity index (χ4n) is 2.51. The van der Waals surface area contributed by atoms with Crippen molar-refractivity contribution in [3.05, 3.63) is 35.4 Å². The van der Waals surface area contributed by atoms with E-state index in [-0.39, 0.29) is 24.0 Å². The van der Waals surface area contributed by atoms with Crippen molar-refractivity contribution >= 4 is 41.7 Å². The number of nitrogens with zero attached hydrogens (tertiary/aromatic N) is 1. The minimum atomic E-state index is 0. The van der Waals surface area contributed by atoms with Crippen LogP contribution in [0.5, 0.6) is 0 Å². The van der Waals surface area contributed by atoms with Crippen LogP contribution in [-0.4, -0.2) is 37.2 Å². The van der Waals surface area contributed by atoms with E-state index in [0.29, 0.717) is 13.2 Å². The first-order chi connectivity index (χ1) is 10.8. The van der Waals surface area contributed by atoms with Gasteiger partial charge in [-0.05, 0) is 36.6 Å². The van der Waals surface area contributed by atoms with E-state index in [1.165, 1.54) is 29.7 Å². The number of guanidine groups is 1. The van der Waals surface area contributed by atoms with Crippen LogP contribution in [0.2, 0.25) is 0 Å². The average molecular weight is 449 g/mol. The molecule has 0 saturated carbocycles. The SMILES string of the molecule is CCNC(=NCc1cccc(COC)c1)NCC1CCCS1.I. The molecule has 6 heteroatoms. The Kier molecular flexibility index (Phi) is 10.7. The second kappa shape index (κ2) is 12.0. The van der Waals surface area contributed by atoms with Crippen LogP contribution in [0.3, 0.4) is 0 Å². The molecule has 1 heterocycles. The number of halogens is 1. The maximum atomic E-state index is 5.18. The Bertz CT molecular complexity index is 479. The zero-order valence-electron chi connectivity index (χ0n) is 14.0. The zero-order valence-corrected chi connectivity index (χ0v) is 17.2. The van der Waals surface area contributed by atoms with Crippen LogP contribution >= 0.6 is 35.7 Å². The molecule has 2 rings (SSSR count). The lowest BCUT2D eigenvalue weighted by atomic mass is 10.1. The molecule has 0 radical (unpaired) electrons. The Morgan fingerprint density at radius 3 is 2.87 bits per heavy atom. The van der Waals surface area contributed by atoms with E-state index in [1.807, 2.05) is 0 Å². The Hall–Kier alpha value is -0.470. The predicted octanol–water partition coefficient (Wildman–Crippen LogP) is 3.40. The molecular weight excluding hydrogens is 421 g/mol. The van der Waals surface area contributed by atoms with E-state index >= 15 is 0 Å². The lowest BCUT2D eigenvalue weighted by molar-refractivity contribution is 0.185. The number of hydrogen-bond acceptors (Lipinski definition) is 3. The molecule has 1 fully saturated rings. The van der Waals surface area contributed by atoms with Crippen molar-refractivity contribution in [2.45, 2.75) is 38.2 Å². The first-order valence-electron chi connectivity index (χ1n) is 8.02. The smallest absolute Gasteiger partial charge is 0.191 e. The van der Waals surface area contributed by atoms with Crippen LogP contribution in [0.1, 0.15) is 30.9 Å². The highest BCUT2D eigenvalue weighted by Crippen LogP contribution is 2.25. The summed E-state index contributed by atoms with van der Waals surface area (Å²) in [7, 11) is 1.72. The van der Waals surface area contributed by atoms with Gasteiger partial charge in [0.2, 0.25) is 0 Å². The predicted molar refractivity (Wildman–Crippen MR) is 111 cm³/mol. The van der Waals surface area contributed by atoms with E-state index in [0.717, 1.165) is 24.3 Å². The van der Waals surface area contributed by atoms with Crippen molar-refractivity contribution in [3.8, 4) is 0 Å². The fraction of sp³-hybridized carbons (Fsp3) is 0.588. The van der Waals surface area contributed by atoms with Gasteiger partial charge in [0.25, 0.3) is 0 Å². The minimum Gasteiger partial charge on any atom is -0.380 e. The van der Waals surface area contributed by atoms with Crippen LogP contribution in [-0.2, 0) is 17.9 Å². The molecule has 0 spiro atoms. The second-order valence-corrected chi connectivity index (χ2v) is 6.87. The molecule has 1 aliphatic rings. The summed E-state index contributed by atoms with van der Waals surface area (Å²) in [4.78, 5) is 4.69. The van der Waals surface area contributed by atoms with E-state index in [2.05, 4.69) is 53.6 Å². The number of benzene rings is 1. The summed E-state index contributed by atoms with van der Waals surface area (Å²) in [6.07, 6.45) is 2.66. The monoisotopic (exact) mass is 449 g/mol. The molecule has 1 saturated heterocycles. The first-order valence-corrected chi connectivity index (χ1v) is 9.07. The lowest BCUT2D eigenvalue weighted by Crippen LogP contribution is -2.40. The Balaban J connectivity index is 0.00000264. The molecule has 130 valence electrons. The van der Waals surface area contributed by atoms with E-state index < -0.39 is 0 Å². The van der Waals surface area contributed by atoms with Gasteiger partial charge in [-0.1, -0.05) is 24.3 Å². The molecule has 0 aromatic heterocycles. The molecule has 0 amide bonds. The molecule has 4 nitrogen and oxygen atoms in total. The van der Waals surface area contributed by atoms with Crippen molar-refractivity contribution < 1.29 is 4.74 Å². The van der Waals surface area contributed by atoms with Crippen LogP contribution in [0.25, 0.3) is 0 Å². The molecule has 0 bridgehead atoms. The third-order valence-electron chi connectivity index (χ3n) is 3.59. The third-order valence-corrected chi connectivity index (χ3v) is 4.99. The highest BCUT2D eigenvalue weighted by molar-refractivity contribution is 14.0. The Morgan fingerprint density at radius 2 is 2.17 bits per heavy atom. The van der Waals surface area contributed by atoms with Gasteiger partial charge in [0, 0.05) is 25.4 Å². The van der Waals surface area contributed by atoms with Crippen molar-refractivity contribution in [1.29, 1.82) is 0 Å². The van der Waals surface area contributed by atoms with Crippen molar-refractivity contribution in [2.24, 2.45) is 4.99 Å². The number of hydrogen-bond donors (Lipinski definition) is 2. The summed E-state index contributed by atoms with van der Waals surface area (Å²) in [5.74, 6) is 2.21. The summed E-state index contributed by atoms with van der Waals surface area (Å²) in [6, 6.07) is 8.41. The van der Waals surface area contributed by atoms with Gasteiger partial charge in [0.1, 0.15) is 0 Å². The molecule has 1 aromatic rings. The standard InChI is InChI=1S/C17H27N3OS.HI/c1-3-18-17(20-12-16-8-5-9-22-16)19-11-14-6-4-7-15(10-14)13-21-2;/h4,6-7,10,16H,3,5,8-9,11-13H2,1-2H3,(H2,18,19,20);1H. The zero-order chi connectivity index (χ0) is 15.6. The normalized spacial score (nSPS) is 17.7. The van der Waals surface area contributed by atoms with Gasteiger partial charge in [-0.15, -0.1) is 24.0 Å². The quantitative estimate of drug-likeness (QED) is 0.381. The molecule has 23 heavy (non-hydrogen) atoms. The fourth-order valence-corrected chi connectivity index (χ4v) is 3.71. The highest BCUT2D eigenvalue weighted by atomic mass is 127. The topological polar surface area (TPSA) is 45.7 Å². The molecule has 1 aliphatic heterocycles. The lowest BCUT2D eigenvalue weighted by Gasteiger charge is -2.14. The van der Waals surface area contributed by atoms with Crippen LogP contribution in [0.15, 0.2) is 29.3 Å². The third kappa shape index (κ3) is 7.76. The van der Waals surface area contributed by atoms with Gasteiger partial charge in [0.15, 0.2) is 5.96 Å². The van der Waals surface area contributed by atoms with E-state index in [4.69, 9.17) is 9.73 Å². The van der Waals surface area contributed by atoms with Crippen molar-refractivity contribution in [3.63, 3.8) is 0 Å². The molecule has 2 N–H and O–H groups in total. The first kappa shape index (κ1) is 20.6. The Labute approximate surface area is 161 Å². The number of thioether (sulfide) groups is 1. The minimum absolute atomic E-state index is 0. The largest absolute Gasteiger partial charge is 0.380 e. The summed E-state index contributed by atoms with van der Waals surface area (Å²) < 4.78 is 5.18. The number of methoxy groups -OCH3 is 1. The van der Waals surface area contributed by atoms with Crippen molar-refractivity contribution in [2.75, 3.05) is 26.0 Å². The van der Waals surface area contributed by atoms with E-state index in [9.17, 15) is 0 Å². The number of aliphatic imine (C=N–C) groups is 1. The number of rotatable bonds is 7. The molecule has 1 aromatic carbocycles. The molecule has 1 atom stereocenters. The van der Waals surface area contributed by atoms with Crippen LogP contribution < -0.4 is 10.6 Å². The van der Waals surface area contributed by atoms with Crippen LogP contribution in [0, 0.1) is 0 Å². The summed E-state index contributed by atoms with van der Waals surface area (Å²) in [6.45, 7) is 5.31. The second-order valence-electron chi connectivity index (χ2n) is 5.46. The van der Waals surface area contributed by atoms with Crippen LogP contribution in [0.4, 0.5) is 0 Å². The summed E-state index contributed by atoms with van der Waals surface area (Å²) in [5.41, 5.74) is 2.40. The average Bonchev–Trinajstić information content (AvgIpc) is 3.04. The van der Waals surface area contributed by atoms with E-state index in [1.54, 1.807) is 7.11 Å². The van der Waals surface area contributed by atoms with Gasteiger partial charge in [-0.2, -0.15) is 11.8 Å². The van der Waals surface area contributed by atoms with Gasteiger partial charge in [0.05, 0.1) is 13.2 Å². The maximum Gasteiger partial charge on any atom is 0.191 e. The van der Waals surface area contributed by atoms with Gasteiger partial charge >= 0.3 is 0 Å². The molecule has 1 unspecified atom stereocenters. The summed E-state index contributed by atoms with van der Waals surface area (Å²) in [5, 5.41) is 7.52. The maximum absolute atomic E-state index is 5.18. The van der Waals surface area contributed by atoms with Gasteiger partial charge in [-0.25, -0.2) is 4.99 Å². The summed E-state index contributed by atoms with van der Waals surface area (Å²) >= 11 is 2.07. The van der Waals surface area contributed by atoms with Gasteiger partial charge < -0.3 is 15.4 Å². The molecular formula is C17H28IN3OS. The van der Waals surface area contributed by atoms with Crippen molar-refractivity contribution in [1.82, 2.24) is 10.6 Å². The Morgan fingerprint density at radius 1 is 1.35 bits per heavy atom. The molecule has 0 aliphatic carbocycles. The highest BCUT2D eigenvalue weighted by Gasteiger charge is 2.15. The van der Waals surface area contributed by atoms with Gasteiger partial charge in [-0.3, -0.25) is 0 Å².